The molecular weight excluding hydrogens is 571 g/mol. The van der Waals surface area contributed by atoms with Crippen LogP contribution in [-0.4, -0.2) is 38.1 Å². The minimum absolute atomic E-state index is 0. The predicted octanol–water partition coefficient (Wildman–Crippen LogP) is 1.77. The summed E-state index contributed by atoms with van der Waals surface area (Å²) < 4.78 is 0. The first-order chi connectivity index (χ1) is 18.7. The van der Waals surface area contributed by atoms with E-state index in [1.807, 2.05) is 68.4 Å². The molecule has 2 N–H and O–H groups in total. The molecular formula is C30H29MnN2O8. The van der Waals surface area contributed by atoms with Crippen LogP contribution in [0.15, 0.2) is 73.1 Å². The first-order valence-electron chi connectivity index (χ1n) is 11.8. The maximum Gasteiger partial charge on any atom is 3.00 e. The van der Waals surface area contributed by atoms with Crippen LogP contribution in [0.25, 0.3) is 33.6 Å². The zero-order valence-electron chi connectivity index (χ0n) is 23.0. The number of carbonyl (C=O) groups is 3. The van der Waals surface area contributed by atoms with Crippen molar-refractivity contribution in [2.24, 2.45) is 0 Å². The van der Waals surface area contributed by atoms with E-state index in [4.69, 9.17) is 29.7 Å². The summed E-state index contributed by atoms with van der Waals surface area (Å²) in [5.41, 5.74) is 6.55. The van der Waals surface area contributed by atoms with Gasteiger partial charge in [-0.15, -0.1) is 0 Å². The number of aryl methyl sites for hydroxylation is 2. The van der Waals surface area contributed by atoms with Gasteiger partial charge in [0.05, 0.1) is 11.4 Å². The molecule has 4 aromatic rings. The zero-order chi connectivity index (χ0) is 30.4. The molecule has 0 aliphatic carbocycles. The molecule has 0 atom stereocenters. The number of carboxylic acid groups (broad SMARTS) is 3. The molecule has 0 saturated heterocycles. The summed E-state index contributed by atoms with van der Waals surface area (Å²) in [6.45, 7) is 6.73. The maximum absolute atomic E-state index is 10.3. The molecule has 0 spiro atoms. The van der Waals surface area contributed by atoms with Gasteiger partial charge < -0.3 is 39.9 Å². The third-order valence-corrected chi connectivity index (χ3v) is 4.80. The van der Waals surface area contributed by atoms with Gasteiger partial charge in [0.15, 0.2) is 0 Å². The van der Waals surface area contributed by atoms with E-state index < -0.39 is 17.9 Å². The minimum Gasteiger partial charge on any atom is -0.550 e. The van der Waals surface area contributed by atoms with Crippen LogP contribution in [0, 0.1) is 13.8 Å². The summed E-state index contributed by atoms with van der Waals surface area (Å²) in [5, 5.41) is 47.1. The molecule has 0 bridgehead atoms. The number of para-hydroxylation sites is 1. The standard InChI is InChI=1S/C24H20N2O2.3C2H4O2.Mn/c1-15-6-9-19(23(27)12-15)17-7-10-21(25-13-17)22-11-8-18(14-26-22)20-5-3-4-16(2)24(20)28;3*1-2(3)4;/h3-14,27-28H,1-2H3;3*1H3,(H,3,4);/q;;;;+3/p-3. The number of hydrogen-bond donors (Lipinski definition) is 2. The van der Waals surface area contributed by atoms with Crippen LogP contribution in [0.4, 0.5) is 0 Å². The van der Waals surface area contributed by atoms with Crippen molar-refractivity contribution in [2.75, 3.05) is 0 Å². The number of rotatable bonds is 3. The fourth-order valence-corrected chi connectivity index (χ4v) is 3.19. The summed E-state index contributed by atoms with van der Waals surface area (Å²) >= 11 is 0. The van der Waals surface area contributed by atoms with Crippen molar-refractivity contribution in [1.29, 1.82) is 0 Å². The van der Waals surface area contributed by atoms with Gasteiger partial charge in [0.2, 0.25) is 0 Å². The van der Waals surface area contributed by atoms with Gasteiger partial charge in [0.1, 0.15) is 11.5 Å². The number of phenols is 2. The Morgan fingerprint density at radius 1 is 0.659 bits per heavy atom. The van der Waals surface area contributed by atoms with Crippen LogP contribution in [0.5, 0.6) is 11.5 Å². The Morgan fingerprint density at radius 3 is 1.49 bits per heavy atom. The van der Waals surface area contributed by atoms with Gasteiger partial charge in [-0.05, 0) is 63.9 Å². The Kier molecular flexibility index (Phi) is 15.7. The van der Waals surface area contributed by atoms with Crippen molar-refractivity contribution in [2.45, 2.75) is 34.6 Å². The third-order valence-electron chi connectivity index (χ3n) is 4.80. The fraction of sp³-hybridized carbons (Fsp3) is 0.167. The molecule has 0 unspecified atom stereocenters. The van der Waals surface area contributed by atoms with E-state index in [2.05, 4.69) is 9.97 Å². The van der Waals surface area contributed by atoms with Crippen molar-refractivity contribution in [3.05, 3.63) is 84.2 Å². The second kappa shape index (κ2) is 17.8. The normalized spacial score (nSPS) is 9.20. The SMILES string of the molecule is CC(=O)[O-].CC(=O)[O-].CC(=O)[O-].Cc1ccc(-c2ccc(-c3ccc(-c4cccc(C)c4O)cn3)nc2)c(O)c1.[Mn+3]. The zero-order valence-corrected chi connectivity index (χ0v) is 24.2. The van der Waals surface area contributed by atoms with E-state index in [-0.39, 0.29) is 28.6 Å². The number of hydrogen-bond acceptors (Lipinski definition) is 10. The van der Waals surface area contributed by atoms with Gasteiger partial charge in [-0.1, -0.05) is 42.5 Å². The van der Waals surface area contributed by atoms with Gasteiger partial charge in [0, 0.05) is 52.6 Å². The van der Waals surface area contributed by atoms with Crippen molar-refractivity contribution in [3.63, 3.8) is 0 Å². The molecule has 2 heterocycles. The van der Waals surface area contributed by atoms with Crippen molar-refractivity contribution < 1.29 is 57.0 Å². The van der Waals surface area contributed by atoms with E-state index in [0.717, 1.165) is 65.5 Å². The molecule has 41 heavy (non-hydrogen) atoms. The second-order valence-electron chi connectivity index (χ2n) is 8.33. The fourth-order valence-electron chi connectivity index (χ4n) is 3.19. The molecule has 0 amide bonds. The first kappa shape index (κ1) is 36.3. The van der Waals surface area contributed by atoms with Crippen molar-refractivity contribution in [1.82, 2.24) is 9.97 Å². The summed E-state index contributed by atoms with van der Waals surface area (Å²) in [7, 11) is 0. The van der Waals surface area contributed by atoms with Crippen LogP contribution in [0.3, 0.4) is 0 Å². The van der Waals surface area contributed by atoms with Gasteiger partial charge in [0.25, 0.3) is 0 Å². The van der Waals surface area contributed by atoms with Crippen molar-refractivity contribution >= 4 is 17.9 Å². The Morgan fingerprint density at radius 2 is 1.10 bits per heavy atom. The first-order valence-corrected chi connectivity index (χ1v) is 11.8. The largest absolute Gasteiger partial charge is 3.00 e. The Labute approximate surface area is 248 Å². The molecule has 10 nitrogen and oxygen atoms in total. The average molecular weight is 601 g/mol. The number of carbonyl (C=O) groups excluding carboxylic acids is 3. The van der Waals surface area contributed by atoms with Gasteiger partial charge in [-0.25, -0.2) is 0 Å². The van der Waals surface area contributed by atoms with E-state index in [0.29, 0.717) is 0 Å². The average Bonchev–Trinajstić information content (AvgIpc) is 2.85. The third kappa shape index (κ3) is 13.3. The molecule has 0 aliphatic heterocycles. The Balaban J connectivity index is 0.00000105. The molecule has 0 aliphatic rings. The maximum atomic E-state index is 10.3. The number of phenolic OH excluding ortho intramolecular Hbond substituents is 2. The van der Waals surface area contributed by atoms with Crippen molar-refractivity contribution in [3.8, 4) is 45.1 Å². The minimum atomic E-state index is -1.08. The second-order valence-corrected chi connectivity index (χ2v) is 8.33. The molecule has 0 fully saturated rings. The van der Waals surface area contributed by atoms with E-state index in [1.54, 1.807) is 18.5 Å². The predicted molar refractivity (Wildman–Crippen MR) is 143 cm³/mol. The quantitative estimate of drug-likeness (QED) is 0.328. The van der Waals surface area contributed by atoms with Gasteiger partial charge >= 0.3 is 17.1 Å². The number of benzene rings is 2. The Hall–Kier alpha value is -4.73. The van der Waals surface area contributed by atoms with Gasteiger partial charge in [-0.3, -0.25) is 9.97 Å². The molecule has 4 rings (SSSR count). The van der Waals surface area contributed by atoms with Crippen LogP contribution in [0.2, 0.25) is 0 Å². The van der Waals surface area contributed by atoms with Crippen LogP contribution >= 0.6 is 0 Å². The summed E-state index contributed by atoms with van der Waals surface area (Å²) in [6, 6.07) is 18.9. The van der Waals surface area contributed by atoms with Gasteiger partial charge in [-0.2, -0.15) is 0 Å². The topological polar surface area (TPSA) is 187 Å². The summed E-state index contributed by atoms with van der Waals surface area (Å²) in [5.74, 6) is -2.73. The molecule has 214 valence electrons. The number of aromatic hydroxyl groups is 2. The van der Waals surface area contributed by atoms with E-state index in [1.165, 1.54) is 0 Å². The number of aliphatic carboxylic acids is 3. The summed E-state index contributed by atoms with van der Waals surface area (Å²) in [6.07, 6.45) is 3.48. The molecule has 0 saturated carbocycles. The smallest absolute Gasteiger partial charge is 0.550 e. The number of pyridine rings is 2. The number of nitrogens with zero attached hydrogens (tertiary/aromatic N) is 2. The molecule has 2 aromatic carbocycles. The van der Waals surface area contributed by atoms with Crippen LogP contribution < -0.4 is 15.3 Å². The molecule has 0 radical (unpaired) electrons. The van der Waals surface area contributed by atoms with E-state index in [9.17, 15) is 10.2 Å². The number of carboxylic acids is 3. The number of aromatic nitrogens is 2. The Bertz CT molecular complexity index is 1400. The van der Waals surface area contributed by atoms with Crippen LogP contribution in [0.1, 0.15) is 31.9 Å². The van der Waals surface area contributed by atoms with E-state index >= 15 is 0 Å². The molecule has 2 aromatic heterocycles. The molecule has 11 heteroatoms. The summed E-state index contributed by atoms with van der Waals surface area (Å²) in [4.78, 5) is 35.7. The van der Waals surface area contributed by atoms with Crippen LogP contribution in [-0.2, 0) is 31.5 Å². The monoisotopic (exact) mass is 600 g/mol.